The molecule has 1 unspecified atom stereocenters. The number of imide groups is 1. The standard InChI is InChI=1S/C17H12FNO4S/c18-10-4-3-5-11(8-10)19-15(20)9-14(16(19)21)24-13-7-2-1-6-12(13)17(22)23/h1-8,14H,9H2,(H,22,23). The molecule has 0 aromatic heterocycles. The number of carbonyl (C=O) groups excluding carboxylic acids is 2. The van der Waals surface area contributed by atoms with Crippen LogP contribution in [0, 0.1) is 5.82 Å². The molecule has 2 aromatic rings. The number of nitrogens with zero attached hydrogens (tertiary/aromatic N) is 1. The Bertz CT molecular complexity index is 839. The molecule has 1 atom stereocenters. The Morgan fingerprint density at radius 2 is 1.92 bits per heavy atom. The highest BCUT2D eigenvalue weighted by Gasteiger charge is 2.40. The van der Waals surface area contributed by atoms with Gasteiger partial charge in [-0.15, -0.1) is 11.8 Å². The first kappa shape index (κ1) is 16.2. The smallest absolute Gasteiger partial charge is 0.336 e. The minimum absolute atomic E-state index is 0.0615. The van der Waals surface area contributed by atoms with Gasteiger partial charge in [0.05, 0.1) is 16.5 Å². The second-order valence-corrected chi connectivity index (χ2v) is 6.40. The van der Waals surface area contributed by atoms with Crippen LogP contribution in [-0.4, -0.2) is 28.1 Å². The van der Waals surface area contributed by atoms with E-state index in [4.69, 9.17) is 0 Å². The average Bonchev–Trinajstić information content (AvgIpc) is 2.81. The van der Waals surface area contributed by atoms with Crippen molar-refractivity contribution in [3.05, 3.63) is 59.9 Å². The van der Waals surface area contributed by atoms with Crippen LogP contribution in [-0.2, 0) is 9.59 Å². The number of amides is 2. The van der Waals surface area contributed by atoms with E-state index in [2.05, 4.69) is 0 Å². The van der Waals surface area contributed by atoms with E-state index in [1.54, 1.807) is 18.2 Å². The summed E-state index contributed by atoms with van der Waals surface area (Å²) in [5, 5.41) is 8.47. The van der Waals surface area contributed by atoms with E-state index in [-0.39, 0.29) is 17.7 Å². The molecule has 1 saturated heterocycles. The summed E-state index contributed by atoms with van der Waals surface area (Å²) in [6, 6.07) is 11.5. The molecule has 1 heterocycles. The first-order valence-electron chi connectivity index (χ1n) is 7.08. The van der Waals surface area contributed by atoms with E-state index in [1.807, 2.05) is 0 Å². The van der Waals surface area contributed by atoms with Gasteiger partial charge in [0.25, 0.3) is 0 Å². The monoisotopic (exact) mass is 345 g/mol. The summed E-state index contributed by atoms with van der Waals surface area (Å²) in [6.45, 7) is 0. The van der Waals surface area contributed by atoms with Crippen LogP contribution in [0.5, 0.6) is 0 Å². The second kappa shape index (κ2) is 6.45. The first-order chi connectivity index (χ1) is 11.5. The van der Waals surface area contributed by atoms with E-state index >= 15 is 0 Å². The van der Waals surface area contributed by atoms with Gasteiger partial charge in [-0.05, 0) is 30.3 Å². The molecule has 2 aromatic carbocycles. The number of hydrogen-bond donors (Lipinski definition) is 1. The van der Waals surface area contributed by atoms with E-state index in [0.717, 1.165) is 22.7 Å². The molecule has 122 valence electrons. The van der Waals surface area contributed by atoms with E-state index in [9.17, 15) is 23.9 Å². The highest BCUT2D eigenvalue weighted by Crippen LogP contribution is 2.35. The first-order valence-corrected chi connectivity index (χ1v) is 7.96. The number of aromatic carboxylic acids is 1. The van der Waals surface area contributed by atoms with Gasteiger partial charge in [0.1, 0.15) is 5.82 Å². The van der Waals surface area contributed by atoms with Crippen LogP contribution < -0.4 is 4.90 Å². The average molecular weight is 345 g/mol. The van der Waals surface area contributed by atoms with Gasteiger partial charge in [0.15, 0.2) is 0 Å². The molecule has 7 heteroatoms. The molecule has 3 rings (SSSR count). The molecule has 5 nitrogen and oxygen atoms in total. The molecule has 1 fully saturated rings. The van der Waals surface area contributed by atoms with Crippen LogP contribution in [0.4, 0.5) is 10.1 Å². The predicted octanol–water partition coefficient (Wildman–Crippen LogP) is 2.95. The Hall–Kier alpha value is -2.67. The molecule has 0 radical (unpaired) electrons. The minimum atomic E-state index is -1.10. The summed E-state index contributed by atoms with van der Waals surface area (Å²) in [5.41, 5.74) is 0.256. The molecule has 0 saturated carbocycles. The van der Waals surface area contributed by atoms with E-state index < -0.39 is 28.9 Å². The third kappa shape index (κ3) is 3.03. The summed E-state index contributed by atoms with van der Waals surface area (Å²) in [7, 11) is 0. The van der Waals surface area contributed by atoms with E-state index in [0.29, 0.717) is 4.90 Å². The number of carboxylic acids is 1. The number of benzene rings is 2. The van der Waals surface area contributed by atoms with Crippen molar-refractivity contribution in [3.63, 3.8) is 0 Å². The van der Waals surface area contributed by atoms with Gasteiger partial charge >= 0.3 is 5.97 Å². The fourth-order valence-electron chi connectivity index (χ4n) is 2.48. The van der Waals surface area contributed by atoms with Gasteiger partial charge in [-0.1, -0.05) is 18.2 Å². The zero-order valence-electron chi connectivity index (χ0n) is 12.3. The van der Waals surface area contributed by atoms with Crippen molar-refractivity contribution in [2.75, 3.05) is 4.90 Å². The molecule has 24 heavy (non-hydrogen) atoms. The zero-order valence-corrected chi connectivity index (χ0v) is 13.1. The van der Waals surface area contributed by atoms with Crippen molar-refractivity contribution < 1.29 is 23.9 Å². The van der Waals surface area contributed by atoms with Gasteiger partial charge in [0.2, 0.25) is 11.8 Å². The maximum Gasteiger partial charge on any atom is 0.336 e. The third-order valence-electron chi connectivity index (χ3n) is 3.56. The number of carbonyl (C=O) groups is 3. The van der Waals surface area contributed by atoms with Crippen LogP contribution in [0.1, 0.15) is 16.8 Å². The summed E-state index contributed by atoms with van der Waals surface area (Å²) in [4.78, 5) is 37.3. The summed E-state index contributed by atoms with van der Waals surface area (Å²) in [6.07, 6.45) is -0.0615. The molecule has 0 bridgehead atoms. The fraction of sp³-hybridized carbons (Fsp3) is 0.118. The topological polar surface area (TPSA) is 74.7 Å². The zero-order chi connectivity index (χ0) is 17.3. The Kier molecular flexibility index (Phi) is 4.35. The molecule has 1 aliphatic heterocycles. The number of anilines is 1. The second-order valence-electron chi connectivity index (χ2n) is 5.16. The van der Waals surface area contributed by atoms with Crippen molar-refractivity contribution in [2.24, 2.45) is 0 Å². The molecule has 0 aliphatic carbocycles. The lowest BCUT2D eigenvalue weighted by atomic mass is 10.2. The summed E-state index contributed by atoms with van der Waals surface area (Å²) in [5.74, 6) is -2.55. The normalized spacial score (nSPS) is 17.4. The van der Waals surface area contributed by atoms with Crippen molar-refractivity contribution in [2.45, 2.75) is 16.6 Å². The number of hydrogen-bond acceptors (Lipinski definition) is 4. The van der Waals surface area contributed by atoms with Crippen molar-refractivity contribution in [1.82, 2.24) is 0 Å². The quantitative estimate of drug-likeness (QED) is 0.863. The van der Waals surface area contributed by atoms with Gasteiger partial charge in [-0.2, -0.15) is 0 Å². The number of halogens is 1. The van der Waals surface area contributed by atoms with Crippen LogP contribution >= 0.6 is 11.8 Å². The highest BCUT2D eigenvalue weighted by atomic mass is 32.2. The summed E-state index contributed by atoms with van der Waals surface area (Å²) < 4.78 is 13.3. The third-order valence-corrected chi connectivity index (χ3v) is 4.82. The van der Waals surface area contributed by atoms with Crippen molar-refractivity contribution in [1.29, 1.82) is 0 Å². The molecular weight excluding hydrogens is 333 g/mol. The maximum atomic E-state index is 13.3. The molecule has 2 amide bonds. The lowest BCUT2D eigenvalue weighted by Crippen LogP contribution is -2.31. The van der Waals surface area contributed by atoms with Crippen LogP contribution in [0.25, 0.3) is 0 Å². The highest BCUT2D eigenvalue weighted by molar-refractivity contribution is 8.00. The number of thioether (sulfide) groups is 1. The predicted molar refractivity (Wildman–Crippen MR) is 86.6 cm³/mol. The molecule has 1 aliphatic rings. The summed E-state index contributed by atoms with van der Waals surface area (Å²) >= 11 is 1.03. The number of rotatable bonds is 4. The van der Waals surface area contributed by atoms with Gasteiger partial charge in [0, 0.05) is 11.3 Å². The van der Waals surface area contributed by atoms with Crippen LogP contribution in [0.15, 0.2) is 53.4 Å². The SMILES string of the molecule is O=C(O)c1ccccc1SC1CC(=O)N(c2cccc(F)c2)C1=O. The van der Waals surface area contributed by atoms with Gasteiger partial charge < -0.3 is 5.11 Å². The Morgan fingerprint density at radius 1 is 1.17 bits per heavy atom. The van der Waals surface area contributed by atoms with Crippen LogP contribution in [0.3, 0.4) is 0 Å². The Labute approximate surface area is 141 Å². The lowest BCUT2D eigenvalue weighted by Gasteiger charge is -2.15. The Balaban J connectivity index is 1.86. The van der Waals surface area contributed by atoms with Crippen molar-refractivity contribution >= 4 is 35.2 Å². The maximum absolute atomic E-state index is 13.3. The van der Waals surface area contributed by atoms with Gasteiger partial charge in [-0.3, -0.25) is 9.59 Å². The van der Waals surface area contributed by atoms with Gasteiger partial charge in [-0.25, -0.2) is 14.1 Å². The number of carboxylic acid groups (broad SMARTS) is 1. The minimum Gasteiger partial charge on any atom is -0.478 e. The lowest BCUT2D eigenvalue weighted by molar-refractivity contribution is -0.121. The Morgan fingerprint density at radius 3 is 2.62 bits per heavy atom. The van der Waals surface area contributed by atoms with Crippen molar-refractivity contribution in [3.8, 4) is 0 Å². The van der Waals surface area contributed by atoms with E-state index in [1.165, 1.54) is 24.3 Å². The molecular formula is C17H12FNO4S. The molecule has 0 spiro atoms. The van der Waals surface area contributed by atoms with Crippen LogP contribution in [0.2, 0.25) is 0 Å². The fourth-order valence-corrected chi connectivity index (χ4v) is 3.66. The molecule has 1 N–H and O–H groups in total. The largest absolute Gasteiger partial charge is 0.478 e.